The summed E-state index contributed by atoms with van der Waals surface area (Å²) in [6, 6.07) is 3.89. The average molecular weight is 429 g/mol. The van der Waals surface area contributed by atoms with Crippen molar-refractivity contribution < 1.29 is 4.42 Å². The highest BCUT2D eigenvalue weighted by Gasteiger charge is 2.04. The lowest BCUT2D eigenvalue weighted by molar-refractivity contribution is 0.510. The number of halogens is 1. The molecule has 2 N–H and O–H groups in total. The fourth-order valence-corrected chi connectivity index (χ4v) is 2.55. The summed E-state index contributed by atoms with van der Waals surface area (Å²) in [6.45, 7) is 6.09. The number of guanidine groups is 1. The molecule has 0 aliphatic heterocycles. The lowest BCUT2D eigenvalue weighted by Gasteiger charge is -2.15. The highest BCUT2D eigenvalue weighted by atomic mass is 127. The summed E-state index contributed by atoms with van der Waals surface area (Å²) in [7, 11) is 0. The molecule has 0 radical (unpaired) electrons. The van der Waals surface area contributed by atoms with E-state index in [9.17, 15) is 0 Å². The van der Waals surface area contributed by atoms with Crippen molar-refractivity contribution in [2.45, 2.75) is 38.5 Å². The molecule has 0 fully saturated rings. The quantitative estimate of drug-likeness (QED) is 0.284. The van der Waals surface area contributed by atoms with Crippen molar-refractivity contribution in [3.8, 4) is 0 Å². The summed E-state index contributed by atoms with van der Waals surface area (Å²) in [5.41, 5.74) is 1.58. The topological polar surface area (TPSA) is 49.6 Å². The van der Waals surface area contributed by atoms with Crippen LogP contribution in [0.2, 0.25) is 0 Å². The molecule has 0 spiro atoms. The summed E-state index contributed by atoms with van der Waals surface area (Å²) in [5.74, 6) is 1.82. The molecule has 1 aromatic rings. The summed E-state index contributed by atoms with van der Waals surface area (Å²) < 4.78 is 5.32. The van der Waals surface area contributed by atoms with E-state index in [0.717, 1.165) is 37.7 Å². The number of hydrogen-bond acceptors (Lipinski definition) is 2. The van der Waals surface area contributed by atoms with Gasteiger partial charge in [-0.1, -0.05) is 17.7 Å². The van der Waals surface area contributed by atoms with Gasteiger partial charge in [-0.3, -0.25) is 4.99 Å². The van der Waals surface area contributed by atoms with Crippen LogP contribution in [-0.4, -0.2) is 25.6 Å². The predicted octanol–water partition coefficient (Wildman–Crippen LogP) is 4.05. The number of nitrogens with one attached hydrogen (secondary N) is 2. The molecule has 4 nitrogen and oxygen atoms in total. The number of rotatable bonds is 8. The fraction of sp³-hybridized carbons (Fsp3) is 0.500. The normalized spacial score (nSPS) is 14.6. The summed E-state index contributed by atoms with van der Waals surface area (Å²) in [6.07, 6.45) is 13.0. The maximum Gasteiger partial charge on any atom is 0.191 e. The molecule has 1 aliphatic carbocycles. The van der Waals surface area contributed by atoms with Gasteiger partial charge in [-0.2, -0.15) is 0 Å². The van der Waals surface area contributed by atoms with Crippen LogP contribution in [0.3, 0.4) is 0 Å². The molecule has 0 saturated heterocycles. The smallest absolute Gasteiger partial charge is 0.191 e. The van der Waals surface area contributed by atoms with E-state index in [-0.39, 0.29) is 24.0 Å². The third-order valence-corrected chi connectivity index (χ3v) is 3.75. The molecule has 23 heavy (non-hydrogen) atoms. The Hall–Kier alpha value is -1.24. The molecule has 1 aromatic heterocycles. The van der Waals surface area contributed by atoms with E-state index < -0.39 is 0 Å². The lowest BCUT2D eigenvalue weighted by Crippen LogP contribution is -2.38. The minimum atomic E-state index is 0. The first-order valence-corrected chi connectivity index (χ1v) is 8.22. The van der Waals surface area contributed by atoms with Crippen LogP contribution in [0.5, 0.6) is 0 Å². The SMILES string of the molecule is C=CCNC(=NCCc1ccco1)NCCC1=CCCCC1.I. The zero-order valence-corrected chi connectivity index (χ0v) is 16.1. The highest BCUT2D eigenvalue weighted by molar-refractivity contribution is 14.0. The molecule has 0 atom stereocenters. The van der Waals surface area contributed by atoms with Gasteiger partial charge in [0.25, 0.3) is 0 Å². The Morgan fingerprint density at radius 1 is 1.30 bits per heavy atom. The van der Waals surface area contributed by atoms with Crippen molar-refractivity contribution in [3.05, 3.63) is 48.5 Å². The van der Waals surface area contributed by atoms with E-state index in [4.69, 9.17) is 4.42 Å². The molecule has 2 rings (SSSR count). The number of nitrogens with zero attached hydrogens (tertiary/aromatic N) is 1. The van der Waals surface area contributed by atoms with Crippen LogP contribution >= 0.6 is 24.0 Å². The molecule has 0 amide bonds. The van der Waals surface area contributed by atoms with Gasteiger partial charge in [-0.25, -0.2) is 0 Å². The zero-order chi connectivity index (χ0) is 15.5. The maximum absolute atomic E-state index is 5.32. The van der Waals surface area contributed by atoms with E-state index in [1.165, 1.54) is 25.7 Å². The van der Waals surface area contributed by atoms with Crippen molar-refractivity contribution in [1.29, 1.82) is 0 Å². The molecule has 1 heterocycles. The first-order chi connectivity index (χ1) is 10.9. The predicted molar refractivity (Wildman–Crippen MR) is 107 cm³/mol. The Morgan fingerprint density at radius 2 is 2.22 bits per heavy atom. The minimum absolute atomic E-state index is 0. The van der Waals surface area contributed by atoms with E-state index in [1.807, 2.05) is 18.2 Å². The molecular weight excluding hydrogens is 401 g/mol. The number of allylic oxidation sites excluding steroid dienone is 1. The number of aliphatic imine (C=N–C) groups is 1. The molecule has 5 heteroatoms. The van der Waals surface area contributed by atoms with Crippen LogP contribution in [0.1, 0.15) is 37.9 Å². The van der Waals surface area contributed by atoms with Crippen molar-refractivity contribution in [1.82, 2.24) is 10.6 Å². The molecule has 0 bridgehead atoms. The Morgan fingerprint density at radius 3 is 2.91 bits per heavy atom. The van der Waals surface area contributed by atoms with Crippen molar-refractivity contribution in [3.63, 3.8) is 0 Å². The van der Waals surface area contributed by atoms with Gasteiger partial charge in [0.15, 0.2) is 5.96 Å². The standard InChI is InChI=1S/C18H27N3O.HI/c1-2-12-19-18(21-14-11-17-9-6-15-22-17)20-13-10-16-7-4-3-5-8-16;/h2,6-7,9,15H,1,3-5,8,10-14H2,(H2,19,20,21);1H. The summed E-state index contributed by atoms with van der Waals surface area (Å²) in [4.78, 5) is 4.59. The van der Waals surface area contributed by atoms with E-state index in [1.54, 1.807) is 11.8 Å². The van der Waals surface area contributed by atoms with Crippen LogP contribution in [0.25, 0.3) is 0 Å². The monoisotopic (exact) mass is 429 g/mol. The van der Waals surface area contributed by atoms with E-state index in [2.05, 4.69) is 28.3 Å². The zero-order valence-electron chi connectivity index (χ0n) is 13.7. The average Bonchev–Trinajstić information content (AvgIpc) is 3.06. The van der Waals surface area contributed by atoms with Gasteiger partial charge in [0.05, 0.1) is 6.26 Å². The van der Waals surface area contributed by atoms with Crippen LogP contribution in [0.4, 0.5) is 0 Å². The van der Waals surface area contributed by atoms with Gasteiger partial charge in [0.1, 0.15) is 5.76 Å². The number of furan rings is 1. The maximum atomic E-state index is 5.32. The van der Waals surface area contributed by atoms with Crippen molar-refractivity contribution >= 4 is 29.9 Å². The second-order valence-electron chi connectivity index (χ2n) is 5.51. The van der Waals surface area contributed by atoms with Gasteiger partial charge >= 0.3 is 0 Å². The van der Waals surface area contributed by atoms with E-state index in [0.29, 0.717) is 6.54 Å². The van der Waals surface area contributed by atoms with Crippen LogP contribution < -0.4 is 10.6 Å². The van der Waals surface area contributed by atoms with Gasteiger partial charge in [0, 0.05) is 26.1 Å². The highest BCUT2D eigenvalue weighted by Crippen LogP contribution is 2.19. The summed E-state index contributed by atoms with van der Waals surface area (Å²) >= 11 is 0. The Kier molecular flexibility index (Phi) is 10.5. The Balaban J connectivity index is 0.00000264. The number of hydrogen-bond donors (Lipinski definition) is 2. The molecule has 1 aliphatic rings. The lowest BCUT2D eigenvalue weighted by atomic mass is 9.97. The summed E-state index contributed by atoms with van der Waals surface area (Å²) in [5, 5.41) is 6.66. The van der Waals surface area contributed by atoms with Crippen LogP contribution in [0, 0.1) is 0 Å². The van der Waals surface area contributed by atoms with Crippen LogP contribution in [0.15, 0.2) is 52.1 Å². The third kappa shape index (κ3) is 8.25. The second-order valence-corrected chi connectivity index (χ2v) is 5.51. The first kappa shape index (κ1) is 19.8. The molecule has 0 saturated carbocycles. The fourth-order valence-electron chi connectivity index (χ4n) is 2.55. The molecule has 0 aromatic carbocycles. The minimum Gasteiger partial charge on any atom is -0.469 e. The van der Waals surface area contributed by atoms with Crippen molar-refractivity contribution in [2.75, 3.05) is 19.6 Å². The van der Waals surface area contributed by atoms with E-state index >= 15 is 0 Å². The largest absolute Gasteiger partial charge is 0.469 e. The Labute approximate surface area is 156 Å². The van der Waals surface area contributed by atoms with Gasteiger partial charge in [0.2, 0.25) is 0 Å². The van der Waals surface area contributed by atoms with Crippen molar-refractivity contribution in [2.24, 2.45) is 4.99 Å². The molecular formula is C18H28IN3O. The molecule has 0 unspecified atom stereocenters. The molecule has 128 valence electrons. The van der Waals surface area contributed by atoms with Crippen LogP contribution in [-0.2, 0) is 6.42 Å². The third-order valence-electron chi connectivity index (χ3n) is 3.75. The second kappa shape index (κ2) is 12.2. The Bertz CT molecular complexity index is 494. The van der Waals surface area contributed by atoms with Gasteiger partial charge in [-0.15, -0.1) is 30.6 Å². The first-order valence-electron chi connectivity index (χ1n) is 8.22. The van der Waals surface area contributed by atoms with Gasteiger partial charge in [-0.05, 0) is 44.2 Å². The van der Waals surface area contributed by atoms with Gasteiger partial charge < -0.3 is 15.1 Å².